The van der Waals surface area contributed by atoms with E-state index < -0.39 is 51.5 Å². The highest BCUT2D eigenvalue weighted by molar-refractivity contribution is 6.32. The lowest BCUT2D eigenvalue weighted by Gasteiger charge is -2.37. The molecule has 8 nitrogen and oxygen atoms in total. The van der Waals surface area contributed by atoms with E-state index in [9.17, 15) is 28.9 Å². The van der Waals surface area contributed by atoms with Crippen LogP contribution in [0.3, 0.4) is 0 Å². The number of Topliss-reactive ketones (excluding diaryl/α,β-unsaturated/α-hetero) is 3. The zero-order chi connectivity index (χ0) is 30.0. The van der Waals surface area contributed by atoms with Crippen molar-refractivity contribution in [1.82, 2.24) is 0 Å². The Morgan fingerprint density at radius 1 is 0.930 bits per heavy atom. The molecule has 212 valence electrons. The number of hydrogen-bond donors (Lipinski definition) is 0. The topological polar surface area (TPSA) is 107 Å². The summed E-state index contributed by atoms with van der Waals surface area (Å²) >= 11 is 0. The molecule has 1 fully saturated rings. The average Bonchev–Trinajstić information content (AvgIpc) is 3.46. The number of non-ortho nitro benzene ring substituents is 1. The number of anilines is 1. The summed E-state index contributed by atoms with van der Waals surface area (Å²) in [4.78, 5) is 57.1. The Morgan fingerprint density at radius 3 is 2.35 bits per heavy atom. The van der Waals surface area contributed by atoms with E-state index in [1.54, 1.807) is 71.6 Å². The second-order valence-corrected chi connectivity index (χ2v) is 10.9. The van der Waals surface area contributed by atoms with Crippen molar-refractivity contribution in [3.8, 4) is 5.75 Å². The Morgan fingerprint density at radius 2 is 1.65 bits per heavy atom. The summed E-state index contributed by atoms with van der Waals surface area (Å²) < 4.78 is 19.8. The van der Waals surface area contributed by atoms with Gasteiger partial charge in [0.1, 0.15) is 23.0 Å². The monoisotopic (exact) mass is 574 g/mol. The lowest BCUT2D eigenvalue weighted by Crippen LogP contribution is -2.48. The first-order valence-corrected chi connectivity index (χ1v) is 13.6. The molecule has 4 aromatic rings. The molecule has 0 radical (unpaired) electrons. The van der Waals surface area contributed by atoms with Crippen molar-refractivity contribution < 1.29 is 28.4 Å². The quantitative estimate of drug-likeness (QED) is 0.123. The molecule has 7 rings (SSSR count). The molecule has 3 aliphatic rings. The van der Waals surface area contributed by atoms with Crippen LogP contribution >= 0.6 is 0 Å². The van der Waals surface area contributed by atoms with Crippen molar-refractivity contribution in [2.75, 3.05) is 12.0 Å². The van der Waals surface area contributed by atoms with Crippen LogP contribution in [-0.4, -0.2) is 41.5 Å². The van der Waals surface area contributed by atoms with Crippen LogP contribution in [-0.2, 0) is 0 Å². The highest BCUT2D eigenvalue weighted by Gasteiger charge is 2.71. The fraction of sp³-hybridized carbons (Fsp3) is 0.147. The van der Waals surface area contributed by atoms with Gasteiger partial charge in [0.25, 0.3) is 5.69 Å². The first-order valence-electron chi connectivity index (χ1n) is 13.6. The largest absolute Gasteiger partial charge is 0.497 e. The number of ketones is 3. The molecule has 9 heteroatoms. The smallest absolute Gasteiger partial charge is 0.269 e. The first kappa shape index (κ1) is 26.5. The number of hydrogen-bond acceptors (Lipinski definition) is 7. The average molecular weight is 575 g/mol. The fourth-order valence-corrected chi connectivity index (χ4v) is 7.10. The van der Waals surface area contributed by atoms with Crippen molar-refractivity contribution in [2.45, 2.75) is 18.0 Å². The lowest BCUT2D eigenvalue weighted by atomic mass is 9.64. The molecule has 1 aliphatic carbocycles. The molecule has 1 saturated heterocycles. The van der Waals surface area contributed by atoms with Crippen molar-refractivity contribution in [3.05, 3.63) is 141 Å². The van der Waals surface area contributed by atoms with E-state index in [1.165, 1.54) is 43.5 Å². The number of rotatable bonds is 5. The van der Waals surface area contributed by atoms with Crippen LogP contribution in [0, 0.1) is 21.3 Å². The van der Waals surface area contributed by atoms with Gasteiger partial charge in [-0.1, -0.05) is 60.7 Å². The molecule has 2 aliphatic heterocycles. The number of nitro groups is 1. The standard InChI is InChI=1S/C34H23FN2O6/c1-43-24-9-5-7-21(18-24)31(38)30-29(20-6-4-8-23(17-20)37(41)42)34(32(39)25-10-2-3-11-26(25)33(34)40)28-15-12-19-16-22(35)13-14-27(19)36(28)30/h2-18,28-30H,1H3/t28-,29-,30-/m1/s1. The molecule has 43 heavy (non-hydrogen) atoms. The molecule has 0 bridgehead atoms. The Hall–Kier alpha value is -5.44. The molecular weight excluding hydrogens is 551 g/mol. The molecule has 0 unspecified atom stereocenters. The van der Waals surface area contributed by atoms with Crippen LogP contribution in [0.5, 0.6) is 5.75 Å². The van der Waals surface area contributed by atoms with E-state index in [0.29, 0.717) is 22.6 Å². The fourth-order valence-electron chi connectivity index (χ4n) is 7.10. The Labute approximate surface area is 245 Å². The van der Waals surface area contributed by atoms with Crippen molar-refractivity contribution in [3.63, 3.8) is 0 Å². The van der Waals surface area contributed by atoms with E-state index in [0.717, 1.165) is 0 Å². The van der Waals surface area contributed by atoms with Gasteiger partial charge >= 0.3 is 0 Å². The molecule has 4 aromatic carbocycles. The maximum atomic E-state index is 14.7. The number of ether oxygens (including phenoxy) is 1. The van der Waals surface area contributed by atoms with Gasteiger partial charge in [-0.15, -0.1) is 0 Å². The third-order valence-electron chi connectivity index (χ3n) is 8.83. The van der Waals surface area contributed by atoms with Gasteiger partial charge in [0, 0.05) is 46.0 Å². The van der Waals surface area contributed by atoms with Crippen LogP contribution in [0.15, 0.2) is 97.1 Å². The van der Waals surface area contributed by atoms with Crippen molar-refractivity contribution in [2.24, 2.45) is 5.41 Å². The third kappa shape index (κ3) is 3.64. The number of carbonyl (C=O) groups excluding carboxylic acids is 3. The maximum Gasteiger partial charge on any atom is 0.269 e. The summed E-state index contributed by atoms with van der Waals surface area (Å²) in [5.41, 5.74) is -0.0878. The Balaban J connectivity index is 1.56. The van der Waals surface area contributed by atoms with E-state index in [1.807, 2.05) is 0 Å². The Bertz CT molecular complexity index is 1880. The van der Waals surface area contributed by atoms with Crippen molar-refractivity contribution in [1.29, 1.82) is 0 Å². The van der Waals surface area contributed by atoms with E-state index >= 15 is 0 Å². The van der Waals surface area contributed by atoms with Gasteiger partial charge in [0.15, 0.2) is 17.3 Å². The molecular formula is C34H23FN2O6. The summed E-state index contributed by atoms with van der Waals surface area (Å²) in [7, 11) is 1.48. The van der Waals surface area contributed by atoms with E-state index in [4.69, 9.17) is 4.74 Å². The number of fused-ring (bicyclic) bond motifs is 5. The van der Waals surface area contributed by atoms with Gasteiger partial charge in [-0.05, 0) is 35.9 Å². The van der Waals surface area contributed by atoms with E-state index in [2.05, 4.69) is 0 Å². The summed E-state index contributed by atoms with van der Waals surface area (Å²) in [6, 6.07) is 20.8. The third-order valence-corrected chi connectivity index (χ3v) is 8.83. The maximum absolute atomic E-state index is 14.7. The highest BCUT2D eigenvalue weighted by atomic mass is 19.1. The second kappa shape index (κ2) is 9.55. The van der Waals surface area contributed by atoms with Crippen LogP contribution in [0.1, 0.15) is 48.1 Å². The minimum atomic E-state index is -1.83. The predicted molar refractivity (Wildman–Crippen MR) is 156 cm³/mol. The Kier molecular flexibility index (Phi) is 5.88. The van der Waals surface area contributed by atoms with Gasteiger partial charge in [-0.2, -0.15) is 0 Å². The zero-order valence-corrected chi connectivity index (χ0v) is 22.8. The second-order valence-electron chi connectivity index (χ2n) is 10.9. The molecule has 0 amide bonds. The SMILES string of the molecule is COc1cccc(C(=O)[C@H]2[C@@H](c3cccc([N+](=O)[O-])c3)C3(C(=O)c4ccccc4C3=O)[C@H]3C=Cc4cc(F)ccc4N23)c1. The molecule has 1 spiro atoms. The number of nitro benzene ring substituents is 1. The summed E-state index contributed by atoms with van der Waals surface area (Å²) in [5, 5.41) is 11.9. The molecule has 3 atom stereocenters. The minimum absolute atomic E-state index is 0.232. The van der Waals surface area contributed by atoms with Crippen LogP contribution < -0.4 is 9.64 Å². The number of nitrogens with zero attached hydrogens (tertiary/aromatic N) is 2. The molecule has 0 N–H and O–H groups in total. The highest BCUT2D eigenvalue weighted by Crippen LogP contribution is 2.61. The van der Waals surface area contributed by atoms with Crippen LogP contribution in [0.2, 0.25) is 0 Å². The number of methoxy groups -OCH3 is 1. The molecule has 0 saturated carbocycles. The summed E-state index contributed by atoms with van der Waals surface area (Å²) in [5.74, 6) is -2.53. The summed E-state index contributed by atoms with van der Waals surface area (Å²) in [6.07, 6.45) is 3.33. The van der Waals surface area contributed by atoms with Crippen LogP contribution in [0.4, 0.5) is 15.8 Å². The van der Waals surface area contributed by atoms with E-state index in [-0.39, 0.29) is 22.4 Å². The minimum Gasteiger partial charge on any atom is -0.497 e. The molecule has 2 heterocycles. The normalized spacial score (nSPS) is 21.0. The zero-order valence-electron chi connectivity index (χ0n) is 22.8. The first-order chi connectivity index (χ1) is 20.8. The number of carbonyl (C=O) groups is 3. The molecule has 0 aromatic heterocycles. The summed E-state index contributed by atoms with van der Waals surface area (Å²) in [6.45, 7) is 0. The van der Waals surface area contributed by atoms with Gasteiger partial charge in [-0.25, -0.2) is 4.39 Å². The van der Waals surface area contributed by atoms with Crippen LogP contribution in [0.25, 0.3) is 6.08 Å². The number of benzene rings is 4. The van der Waals surface area contributed by atoms with Gasteiger partial charge in [0.2, 0.25) is 0 Å². The van der Waals surface area contributed by atoms with Gasteiger partial charge < -0.3 is 9.64 Å². The lowest BCUT2D eigenvalue weighted by molar-refractivity contribution is -0.384. The number of halogens is 1. The predicted octanol–water partition coefficient (Wildman–Crippen LogP) is 6.06. The van der Waals surface area contributed by atoms with Gasteiger partial charge in [-0.3, -0.25) is 24.5 Å². The van der Waals surface area contributed by atoms with Gasteiger partial charge in [0.05, 0.1) is 18.1 Å². The van der Waals surface area contributed by atoms with Crippen molar-refractivity contribution >= 4 is 34.8 Å².